The second-order valence-corrected chi connectivity index (χ2v) is 14.0. The van der Waals surface area contributed by atoms with Crippen molar-refractivity contribution in [3.05, 3.63) is 108 Å². The SMILES string of the molecule is Cc1ccc(S(=O)(=O)N(C)[C@@H](CCCN=C(N)N)C(=O)N(CC2=C[C@H](CC(=O)O)C(=O)N(c3ccccc3)CC2)C(=O)c2ccccc2)cc1. The van der Waals surface area contributed by atoms with Gasteiger partial charge in [-0.15, -0.1) is 0 Å². The average Bonchev–Trinajstić information content (AvgIpc) is 3.24. The summed E-state index contributed by atoms with van der Waals surface area (Å²) in [6.45, 7) is 1.78. The molecule has 14 heteroatoms. The van der Waals surface area contributed by atoms with E-state index >= 15 is 0 Å². The summed E-state index contributed by atoms with van der Waals surface area (Å²) in [4.78, 5) is 60.7. The molecule has 50 heavy (non-hydrogen) atoms. The minimum atomic E-state index is -4.23. The number of aryl methyl sites for hydroxylation is 1. The molecule has 0 aromatic heterocycles. The van der Waals surface area contributed by atoms with Gasteiger partial charge in [0.05, 0.1) is 23.8 Å². The highest BCUT2D eigenvalue weighted by molar-refractivity contribution is 7.89. The first kappa shape index (κ1) is 37.5. The molecule has 2 atom stereocenters. The van der Waals surface area contributed by atoms with E-state index in [1.54, 1.807) is 72.8 Å². The zero-order valence-corrected chi connectivity index (χ0v) is 28.8. The quantitative estimate of drug-likeness (QED) is 0.0978. The van der Waals surface area contributed by atoms with E-state index in [0.29, 0.717) is 11.3 Å². The number of hydrogen-bond donors (Lipinski definition) is 3. The number of para-hydroxylation sites is 1. The highest BCUT2D eigenvalue weighted by Crippen LogP contribution is 2.27. The van der Waals surface area contributed by atoms with Gasteiger partial charge >= 0.3 is 5.97 Å². The molecule has 0 fully saturated rings. The number of amides is 3. The molecular formula is C36H42N6O7S. The zero-order chi connectivity index (χ0) is 36.4. The van der Waals surface area contributed by atoms with Crippen molar-refractivity contribution >= 4 is 45.4 Å². The average molecular weight is 703 g/mol. The monoisotopic (exact) mass is 702 g/mol. The number of carbonyl (C=O) groups excluding carboxylic acids is 3. The first-order valence-corrected chi connectivity index (χ1v) is 17.5. The second-order valence-electron chi connectivity index (χ2n) is 12.0. The maximum Gasteiger partial charge on any atom is 0.304 e. The van der Waals surface area contributed by atoms with Crippen LogP contribution in [0.3, 0.4) is 0 Å². The molecule has 1 aliphatic rings. The van der Waals surface area contributed by atoms with Crippen molar-refractivity contribution in [2.24, 2.45) is 22.4 Å². The lowest BCUT2D eigenvalue weighted by Crippen LogP contribution is -2.51. The molecule has 0 bridgehead atoms. The molecule has 1 aliphatic heterocycles. The van der Waals surface area contributed by atoms with Crippen molar-refractivity contribution in [2.45, 2.75) is 43.5 Å². The van der Waals surface area contributed by atoms with Crippen LogP contribution in [0.4, 0.5) is 5.69 Å². The number of hydrogen-bond acceptors (Lipinski definition) is 7. The Hall–Kier alpha value is -5.34. The Bertz CT molecular complexity index is 1840. The standard InChI is InChI=1S/C36H42N6O7S/c1-25-15-17-30(18-16-25)50(48,49)40(2)31(14-9-20-39-36(37)38)35(47)42(33(45)27-10-5-3-6-11-27)24-26-19-21-41(29-12-7-4-8-13-29)34(46)28(22-26)23-32(43)44/h3-8,10-13,15-18,22,28,31H,9,14,19-21,23-24H2,1-2H3,(H,43,44)(H4,37,38,39)/t28-,31+/m1/s1. The highest BCUT2D eigenvalue weighted by atomic mass is 32.2. The van der Waals surface area contributed by atoms with Crippen molar-refractivity contribution in [3.63, 3.8) is 0 Å². The fourth-order valence-corrected chi connectivity index (χ4v) is 7.05. The number of sulfonamides is 1. The van der Waals surface area contributed by atoms with E-state index < -0.39 is 52.1 Å². The number of aliphatic imine (C=N–C) groups is 1. The van der Waals surface area contributed by atoms with Crippen molar-refractivity contribution in [2.75, 3.05) is 31.6 Å². The van der Waals surface area contributed by atoms with Crippen LogP contribution < -0.4 is 16.4 Å². The molecule has 3 aromatic rings. The lowest BCUT2D eigenvalue weighted by Gasteiger charge is -2.32. The van der Waals surface area contributed by atoms with Crippen LogP contribution >= 0.6 is 0 Å². The normalized spacial score (nSPS) is 15.5. The van der Waals surface area contributed by atoms with E-state index in [1.165, 1.54) is 30.2 Å². The number of carboxylic acids is 1. The zero-order valence-electron chi connectivity index (χ0n) is 28.0. The summed E-state index contributed by atoms with van der Waals surface area (Å²) in [5.74, 6) is -4.34. The fraction of sp³-hybridized carbons (Fsp3) is 0.306. The van der Waals surface area contributed by atoms with Crippen LogP contribution in [-0.2, 0) is 24.4 Å². The number of likely N-dealkylation sites (N-methyl/N-ethyl adjacent to an activating group) is 1. The number of guanidine groups is 1. The van der Waals surface area contributed by atoms with Gasteiger partial charge in [-0.3, -0.25) is 29.1 Å². The van der Waals surface area contributed by atoms with Gasteiger partial charge < -0.3 is 21.5 Å². The number of benzene rings is 3. The first-order chi connectivity index (χ1) is 23.8. The molecule has 3 amide bonds. The van der Waals surface area contributed by atoms with Gasteiger partial charge in [-0.05, 0) is 62.6 Å². The predicted molar refractivity (Wildman–Crippen MR) is 190 cm³/mol. The maximum atomic E-state index is 14.6. The van der Waals surface area contributed by atoms with E-state index in [2.05, 4.69) is 4.99 Å². The van der Waals surface area contributed by atoms with Gasteiger partial charge in [0.25, 0.3) is 5.91 Å². The molecular weight excluding hydrogens is 660 g/mol. The van der Waals surface area contributed by atoms with Crippen LogP contribution in [0.5, 0.6) is 0 Å². The summed E-state index contributed by atoms with van der Waals surface area (Å²) in [5, 5.41) is 9.68. The van der Waals surface area contributed by atoms with Crippen LogP contribution in [0.2, 0.25) is 0 Å². The number of nitrogens with zero attached hydrogens (tertiary/aromatic N) is 4. The maximum absolute atomic E-state index is 14.6. The fourth-order valence-electron chi connectivity index (χ4n) is 5.70. The number of carboxylic acid groups (broad SMARTS) is 1. The summed E-state index contributed by atoms with van der Waals surface area (Å²) in [5.41, 5.74) is 13.1. The molecule has 0 spiro atoms. The Labute approximate surface area is 291 Å². The molecule has 13 nitrogen and oxygen atoms in total. The lowest BCUT2D eigenvalue weighted by molar-refractivity contribution is -0.139. The van der Waals surface area contributed by atoms with Crippen LogP contribution in [0.25, 0.3) is 0 Å². The number of imide groups is 1. The molecule has 4 rings (SSSR count). The van der Waals surface area contributed by atoms with Crippen LogP contribution in [-0.4, -0.2) is 85.1 Å². The minimum Gasteiger partial charge on any atom is -0.481 e. The van der Waals surface area contributed by atoms with Gasteiger partial charge in [-0.25, -0.2) is 8.42 Å². The van der Waals surface area contributed by atoms with E-state index in [4.69, 9.17) is 11.5 Å². The molecule has 5 N–H and O–H groups in total. The van der Waals surface area contributed by atoms with Gasteiger partial charge in [-0.1, -0.05) is 65.7 Å². The molecule has 0 aliphatic carbocycles. The molecule has 0 saturated carbocycles. The summed E-state index contributed by atoms with van der Waals surface area (Å²) < 4.78 is 28.7. The molecule has 3 aromatic carbocycles. The van der Waals surface area contributed by atoms with E-state index in [1.807, 2.05) is 6.92 Å². The third-order valence-corrected chi connectivity index (χ3v) is 10.3. The number of aliphatic carboxylic acids is 1. The van der Waals surface area contributed by atoms with Crippen molar-refractivity contribution < 1.29 is 32.7 Å². The van der Waals surface area contributed by atoms with Gasteiger partial charge in [0.15, 0.2) is 5.96 Å². The van der Waals surface area contributed by atoms with Crippen molar-refractivity contribution in [1.82, 2.24) is 9.21 Å². The number of anilines is 1. The Balaban J connectivity index is 1.76. The van der Waals surface area contributed by atoms with E-state index in [0.717, 1.165) is 14.8 Å². The number of carbonyl (C=O) groups is 4. The highest BCUT2D eigenvalue weighted by Gasteiger charge is 2.38. The Morgan fingerprint density at radius 2 is 1.60 bits per heavy atom. The third kappa shape index (κ3) is 9.42. The van der Waals surface area contributed by atoms with Gasteiger partial charge in [0.2, 0.25) is 21.8 Å². The molecule has 0 radical (unpaired) electrons. The summed E-state index contributed by atoms with van der Waals surface area (Å²) in [6.07, 6.45) is 1.40. The van der Waals surface area contributed by atoms with E-state index in [-0.39, 0.29) is 55.3 Å². The molecule has 0 unspecified atom stereocenters. The second kappa shape index (κ2) is 16.9. The summed E-state index contributed by atoms with van der Waals surface area (Å²) in [6, 6.07) is 21.7. The van der Waals surface area contributed by atoms with Gasteiger partial charge in [0, 0.05) is 31.4 Å². The lowest BCUT2D eigenvalue weighted by atomic mass is 10.00. The molecule has 1 heterocycles. The Kier molecular flexibility index (Phi) is 12.6. The summed E-state index contributed by atoms with van der Waals surface area (Å²) in [7, 11) is -2.94. The first-order valence-electron chi connectivity index (χ1n) is 16.1. The predicted octanol–water partition coefficient (Wildman–Crippen LogP) is 3.16. The van der Waals surface area contributed by atoms with E-state index in [9.17, 15) is 32.7 Å². The van der Waals surface area contributed by atoms with Crippen LogP contribution in [0.1, 0.15) is 41.6 Å². The third-order valence-electron chi connectivity index (χ3n) is 8.38. The Morgan fingerprint density at radius 1 is 0.980 bits per heavy atom. The smallest absolute Gasteiger partial charge is 0.304 e. The van der Waals surface area contributed by atoms with Crippen LogP contribution in [0.15, 0.2) is 106 Å². The number of nitrogens with two attached hydrogens (primary N) is 2. The van der Waals surface area contributed by atoms with Crippen LogP contribution in [0, 0.1) is 12.8 Å². The van der Waals surface area contributed by atoms with Gasteiger partial charge in [-0.2, -0.15) is 4.31 Å². The largest absolute Gasteiger partial charge is 0.481 e. The summed E-state index contributed by atoms with van der Waals surface area (Å²) >= 11 is 0. The molecule has 264 valence electrons. The number of rotatable bonds is 14. The van der Waals surface area contributed by atoms with Crippen molar-refractivity contribution in [3.8, 4) is 0 Å². The molecule has 0 saturated heterocycles. The topological polar surface area (TPSA) is 197 Å². The van der Waals surface area contributed by atoms with Crippen molar-refractivity contribution in [1.29, 1.82) is 0 Å². The van der Waals surface area contributed by atoms with Gasteiger partial charge in [0.1, 0.15) is 6.04 Å². The minimum absolute atomic E-state index is 0.0310. The Morgan fingerprint density at radius 3 is 2.20 bits per heavy atom.